The molecule has 0 saturated carbocycles. The van der Waals surface area contributed by atoms with E-state index in [0.717, 1.165) is 11.1 Å². The molecule has 1 aromatic heterocycles. The SMILES string of the molecule is Cc1ccnc(NC(=O)c2cc(C)ccc2C#CCO)c1. The van der Waals surface area contributed by atoms with Crippen LogP contribution in [0.4, 0.5) is 5.82 Å². The van der Waals surface area contributed by atoms with Crippen molar-refractivity contribution < 1.29 is 9.90 Å². The zero-order valence-corrected chi connectivity index (χ0v) is 12.0. The third kappa shape index (κ3) is 3.91. The van der Waals surface area contributed by atoms with Crippen LogP contribution in [0.25, 0.3) is 0 Å². The number of carbonyl (C=O) groups excluding carboxylic acids is 1. The molecule has 0 aliphatic carbocycles. The van der Waals surface area contributed by atoms with Crippen LogP contribution in [-0.4, -0.2) is 22.6 Å². The Bertz CT molecular complexity index is 727. The molecule has 0 spiro atoms. The highest BCUT2D eigenvalue weighted by Crippen LogP contribution is 2.14. The Morgan fingerprint density at radius 2 is 2.00 bits per heavy atom. The lowest BCUT2D eigenvalue weighted by atomic mass is 10.0. The van der Waals surface area contributed by atoms with Crippen molar-refractivity contribution in [1.82, 2.24) is 4.98 Å². The third-order valence-corrected chi connectivity index (χ3v) is 2.88. The van der Waals surface area contributed by atoms with Gasteiger partial charge in [-0.1, -0.05) is 23.5 Å². The molecule has 4 heteroatoms. The maximum Gasteiger partial charge on any atom is 0.258 e. The van der Waals surface area contributed by atoms with Crippen LogP contribution < -0.4 is 5.32 Å². The molecular weight excluding hydrogens is 264 g/mol. The first-order valence-electron chi connectivity index (χ1n) is 6.54. The van der Waals surface area contributed by atoms with Crippen molar-refractivity contribution in [2.75, 3.05) is 11.9 Å². The van der Waals surface area contributed by atoms with Gasteiger partial charge in [0.25, 0.3) is 5.91 Å². The number of aliphatic hydroxyl groups excluding tert-OH is 1. The van der Waals surface area contributed by atoms with E-state index in [4.69, 9.17) is 5.11 Å². The number of hydrogen-bond donors (Lipinski definition) is 2. The van der Waals surface area contributed by atoms with Crippen molar-refractivity contribution in [2.24, 2.45) is 0 Å². The summed E-state index contributed by atoms with van der Waals surface area (Å²) < 4.78 is 0. The number of aliphatic hydroxyl groups is 1. The van der Waals surface area contributed by atoms with Gasteiger partial charge in [-0.2, -0.15) is 0 Å². The molecule has 0 saturated heterocycles. The number of benzene rings is 1. The van der Waals surface area contributed by atoms with E-state index in [-0.39, 0.29) is 12.5 Å². The summed E-state index contributed by atoms with van der Waals surface area (Å²) >= 11 is 0. The van der Waals surface area contributed by atoms with E-state index >= 15 is 0 Å². The lowest BCUT2D eigenvalue weighted by Crippen LogP contribution is -2.14. The first kappa shape index (κ1) is 14.8. The predicted molar refractivity (Wildman–Crippen MR) is 82.1 cm³/mol. The summed E-state index contributed by atoms with van der Waals surface area (Å²) in [6.45, 7) is 3.60. The maximum absolute atomic E-state index is 12.4. The van der Waals surface area contributed by atoms with Crippen LogP contribution in [0.3, 0.4) is 0 Å². The molecule has 2 rings (SSSR count). The van der Waals surface area contributed by atoms with E-state index in [0.29, 0.717) is 16.9 Å². The highest BCUT2D eigenvalue weighted by atomic mass is 16.2. The number of nitrogens with zero attached hydrogens (tertiary/aromatic N) is 1. The van der Waals surface area contributed by atoms with Gasteiger partial charge in [0.05, 0.1) is 5.56 Å². The van der Waals surface area contributed by atoms with Gasteiger partial charge in [-0.15, -0.1) is 0 Å². The van der Waals surface area contributed by atoms with Crippen molar-refractivity contribution >= 4 is 11.7 Å². The fourth-order valence-electron chi connectivity index (χ4n) is 1.88. The Labute approximate surface area is 123 Å². The number of carbonyl (C=O) groups is 1. The lowest BCUT2D eigenvalue weighted by molar-refractivity contribution is 0.102. The van der Waals surface area contributed by atoms with E-state index in [1.54, 1.807) is 24.4 Å². The zero-order valence-electron chi connectivity index (χ0n) is 12.0. The molecule has 1 amide bonds. The fraction of sp³-hybridized carbons (Fsp3) is 0.176. The summed E-state index contributed by atoms with van der Waals surface area (Å²) in [5.74, 6) is 5.59. The van der Waals surface area contributed by atoms with E-state index in [1.807, 2.05) is 26.0 Å². The minimum atomic E-state index is -0.265. The van der Waals surface area contributed by atoms with Crippen molar-refractivity contribution in [3.8, 4) is 11.8 Å². The zero-order chi connectivity index (χ0) is 15.2. The molecule has 0 fully saturated rings. The number of nitrogens with one attached hydrogen (secondary N) is 1. The van der Waals surface area contributed by atoms with Crippen molar-refractivity contribution in [3.63, 3.8) is 0 Å². The second kappa shape index (κ2) is 6.69. The standard InChI is InChI=1S/C17H16N2O2/c1-12-5-6-14(4-3-9-20)15(10-12)17(21)19-16-11-13(2)7-8-18-16/h5-8,10-11,20H,9H2,1-2H3,(H,18,19,21). The Morgan fingerprint density at radius 1 is 1.24 bits per heavy atom. The normalized spacial score (nSPS) is 9.67. The maximum atomic E-state index is 12.4. The van der Waals surface area contributed by atoms with E-state index in [9.17, 15) is 4.79 Å². The van der Waals surface area contributed by atoms with Crippen LogP contribution in [0.1, 0.15) is 27.0 Å². The fourth-order valence-corrected chi connectivity index (χ4v) is 1.88. The molecule has 0 bridgehead atoms. The number of aromatic nitrogens is 1. The van der Waals surface area contributed by atoms with Crippen molar-refractivity contribution in [3.05, 3.63) is 58.8 Å². The van der Waals surface area contributed by atoms with Gasteiger partial charge in [-0.05, 0) is 43.7 Å². The van der Waals surface area contributed by atoms with Gasteiger partial charge in [0.15, 0.2) is 0 Å². The summed E-state index contributed by atoms with van der Waals surface area (Å²) in [5.41, 5.74) is 3.04. The van der Waals surface area contributed by atoms with Gasteiger partial charge < -0.3 is 10.4 Å². The molecule has 0 unspecified atom stereocenters. The Hall–Kier alpha value is -2.64. The third-order valence-electron chi connectivity index (χ3n) is 2.88. The van der Waals surface area contributed by atoms with Crippen LogP contribution in [0.5, 0.6) is 0 Å². The first-order chi connectivity index (χ1) is 10.1. The predicted octanol–water partition coefficient (Wildman–Crippen LogP) is 2.29. The monoisotopic (exact) mass is 280 g/mol. The molecular formula is C17H16N2O2. The average Bonchev–Trinajstić information content (AvgIpc) is 2.46. The van der Waals surface area contributed by atoms with Crippen molar-refractivity contribution in [2.45, 2.75) is 13.8 Å². The van der Waals surface area contributed by atoms with Gasteiger partial charge in [0, 0.05) is 11.8 Å². The van der Waals surface area contributed by atoms with Crippen LogP contribution in [0.15, 0.2) is 36.5 Å². The summed E-state index contributed by atoms with van der Waals surface area (Å²) in [7, 11) is 0. The number of anilines is 1. The van der Waals surface area contributed by atoms with Gasteiger partial charge >= 0.3 is 0 Å². The van der Waals surface area contributed by atoms with Gasteiger partial charge in [0.1, 0.15) is 12.4 Å². The van der Waals surface area contributed by atoms with Gasteiger partial charge in [0.2, 0.25) is 0 Å². The van der Waals surface area contributed by atoms with Crippen LogP contribution >= 0.6 is 0 Å². The molecule has 0 aliphatic heterocycles. The molecule has 1 aromatic carbocycles. The topological polar surface area (TPSA) is 62.2 Å². The quantitative estimate of drug-likeness (QED) is 0.830. The second-order valence-corrected chi connectivity index (χ2v) is 4.68. The summed E-state index contributed by atoms with van der Waals surface area (Å²) in [5, 5.41) is 11.6. The summed E-state index contributed by atoms with van der Waals surface area (Å²) in [6, 6.07) is 9.08. The second-order valence-electron chi connectivity index (χ2n) is 4.68. The van der Waals surface area contributed by atoms with E-state index in [1.165, 1.54) is 0 Å². The van der Waals surface area contributed by atoms with E-state index < -0.39 is 0 Å². The first-order valence-corrected chi connectivity index (χ1v) is 6.54. The Morgan fingerprint density at radius 3 is 2.71 bits per heavy atom. The summed E-state index contributed by atoms with van der Waals surface area (Å²) in [6.07, 6.45) is 1.65. The average molecular weight is 280 g/mol. The minimum absolute atomic E-state index is 0.242. The molecule has 1 heterocycles. The number of pyridine rings is 1. The van der Waals surface area contributed by atoms with E-state index in [2.05, 4.69) is 22.1 Å². The van der Waals surface area contributed by atoms with Crippen LogP contribution in [0.2, 0.25) is 0 Å². The smallest absolute Gasteiger partial charge is 0.258 e. The summed E-state index contributed by atoms with van der Waals surface area (Å²) in [4.78, 5) is 16.5. The molecule has 0 atom stereocenters. The number of amides is 1. The van der Waals surface area contributed by atoms with Gasteiger partial charge in [-0.25, -0.2) is 4.98 Å². The highest BCUT2D eigenvalue weighted by Gasteiger charge is 2.11. The highest BCUT2D eigenvalue weighted by molar-refractivity contribution is 6.05. The lowest BCUT2D eigenvalue weighted by Gasteiger charge is -2.08. The largest absolute Gasteiger partial charge is 0.384 e. The van der Waals surface area contributed by atoms with Crippen LogP contribution in [0, 0.1) is 25.7 Å². The van der Waals surface area contributed by atoms with Crippen molar-refractivity contribution in [1.29, 1.82) is 0 Å². The molecule has 4 nitrogen and oxygen atoms in total. The molecule has 2 N–H and O–H groups in total. The number of rotatable bonds is 2. The number of hydrogen-bond acceptors (Lipinski definition) is 3. The molecule has 21 heavy (non-hydrogen) atoms. The molecule has 0 aliphatic rings. The molecule has 2 aromatic rings. The Balaban J connectivity index is 2.32. The molecule has 106 valence electrons. The van der Waals surface area contributed by atoms with Crippen LogP contribution in [-0.2, 0) is 0 Å². The molecule has 0 radical (unpaired) electrons. The Kier molecular flexibility index (Phi) is 4.70. The van der Waals surface area contributed by atoms with Gasteiger partial charge in [-0.3, -0.25) is 4.79 Å². The number of aryl methyl sites for hydroxylation is 2. The minimum Gasteiger partial charge on any atom is -0.384 e.